The molecule has 1 aromatic rings. The van der Waals surface area contributed by atoms with E-state index in [0.717, 1.165) is 0 Å². The molecular weight excluding hydrogens is 222 g/mol. The molecule has 0 bridgehead atoms. The molecule has 84 valence electrons. The Hall–Kier alpha value is -1.51. The molecule has 0 aliphatic heterocycles. The van der Waals surface area contributed by atoms with Crippen LogP contribution in [0.4, 0.5) is 0 Å². The zero-order chi connectivity index (χ0) is 12.0. The third-order valence-electron chi connectivity index (χ3n) is 1.90. The lowest BCUT2D eigenvalue weighted by molar-refractivity contribution is 0.00322. The van der Waals surface area contributed by atoms with Crippen LogP contribution in [0.2, 0.25) is 0 Å². The minimum Gasteiger partial charge on any atom is -0.454 e. The van der Waals surface area contributed by atoms with E-state index >= 15 is 0 Å². The lowest BCUT2D eigenvalue weighted by Crippen LogP contribution is -2.31. The van der Waals surface area contributed by atoms with Gasteiger partial charge in [-0.25, -0.2) is 9.79 Å². The predicted octanol–water partition coefficient (Wildman–Crippen LogP) is 2.72. The van der Waals surface area contributed by atoms with Crippen LogP contribution < -0.4 is 0 Å². The Kier molecular flexibility index (Phi) is 4.35. The quantitative estimate of drug-likeness (QED) is 0.457. The number of isothiocyanates is 1. The molecule has 1 rings (SSSR count). The molecule has 0 amide bonds. The molecule has 0 heterocycles. The SMILES string of the molecule is CC(C)(CN=C=S)OC(=O)c1ccccc1. The summed E-state index contributed by atoms with van der Waals surface area (Å²) in [6, 6.07) is 8.84. The zero-order valence-electron chi connectivity index (χ0n) is 9.27. The molecule has 0 aliphatic rings. The Balaban J connectivity index is 2.67. The largest absolute Gasteiger partial charge is 0.454 e. The summed E-state index contributed by atoms with van der Waals surface area (Å²) >= 11 is 4.47. The third kappa shape index (κ3) is 3.93. The highest BCUT2D eigenvalue weighted by atomic mass is 32.1. The van der Waals surface area contributed by atoms with Gasteiger partial charge in [-0.3, -0.25) is 0 Å². The summed E-state index contributed by atoms with van der Waals surface area (Å²) in [6.45, 7) is 3.88. The second-order valence-corrected chi connectivity index (χ2v) is 4.11. The fourth-order valence-corrected chi connectivity index (χ4v) is 1.20. The molecule has 3 nitrogen and oxygen atoms in total. The first-order chi connectivity index (χ1) is 7.55. The van der Waals surface area contributed by atoms with Crippen LogP contribution in [0.3, 0.4) is 0 Å². The lowest BCUT2D eigenvalue weighted by atomic mass is 10.1. The van der Waals surface area contributed by atoms with Gasteiger partial charge in [-0.2, -0.15) is 0 Å². The van der Waals surface area contributed by atoms with Gasteiger partial charge in [0, 0.05) is 0 Å². The van der Waals surface area contributed by atoms with Crippen LogP contribution >= 0.6 is 12.2 Å². The molecule has 4 heteroatoms. The Morgan fingerprint density at radius 2 is 2.06 bits per heavy atom. The summed E-state index contributed by atoms with van der Waals surface area (Å²) in [6.07, 6.45) is 0. The molecule has 0 unspecified atom stereocenters. The van der Waals surface area contributed by atoms with Crippen LogP contribution in [-0.4, -0.2) is 23.3 Å². The first-order valence-electron chi connectivity index (χ1n) is 4.87. The molecule has 0 radical (unpaired) electrons. The summed E-state index contributed by atoms with van der Waals surface area (Å²) in [5, 5.41) is 2.25. The van der Waals surface area contributed by atoms with Gasteiger partial charge < -0.3 is 4.74 Å². The van der Waals surface area contributed by atoms with Gasteiger partial charge in [-0.05, 0) is 38.2 Å². The summed E-state index contributed by atoms with van der Waals surface area (Å²) in [5.74, 6) is -0.356. The number of hydrogen-bond acceptors (Lipinski definition) is 4. The van der Waals surface area contributed by atoms with Crippen LogP contribution in [0.1, 0.15) is 24.2 Å². The monoisotopic (exact) mass is 235 g/mol. The second kappa shape index (κ2) is 5.54. The van der Waals surface area contributed by atoms with Crippen molar-refractivity contribution in [3.05, 3.63) is 35.9 Å². The maximum Gasteiger partial charge on any atom is 0.338 e. The molecule has 0 spiro atoms. The van der Waals surface area contributed by atoms with Gasteiger partial charge in [0.05, 0.1) is 17.3 Å². The normalized spacial score (nSPS) is 10.4. The van der Waals surface area contributed by atoms with Gasteiger partial charge in [0.15, 0.2) is 0 Å². The van der Waals surface area contributed by atoms with E-state index in [-0.39, 0.29) is 5.97 Å². The van der Waals surface area contributed by atoms with Crippen molar-refractivity contribution in [1.29, 1.82) is 0 Å². The van der Waals surface area contributed by atoms with E-state index in [2.05, 4.69) is 22.4 Å². The van der Waals surface area contributed by atoms with Crippen molar-refractivity contribution in [2.24, 2.45) is 4.99 Å². The van der Waals surface area contributed by atoms with E-state index in [1.54, 1.807) is 38.1 Å². The number of hydrogen-bond donors (Lipinski definition) is 0. The van der Waals surface area contributed by atoms with E-state index in [1.165, 1.54) is 0 Å². The molecule has 16 heavy (non-hydrogen) atoms. The highest BCUT2D eigenvalue weighted by Gasteiger charge is 2.23. The number of nitrogens with zero attached hydrogens (tertiary/aromatic N) is 1. The number of carbonyl (C=O) groups excluding carboxylic acids is 1. The van der Waals surface area contributed by atoms with E-state index in [0.29, 0.717) is 12.1 Å². The highest BCUT2D eigenvalue weighted by Crippen LogP contribution is 2.13. The Morgan fingerprint density at radius 1 is 1.44 bits per heavy atom. The molecule has 0 saturated carbocycles. The summed E-state index contributed by atoms with van der Waals surface area (Å²) in [7, 11) is 0. The van der Waals surface area contributed by atoms with Gasteiger partial charge in [0.25, 0.3) is 0 Å². The number of rotatable bonds is 4. The Morgan fingerprint density at radius 3 is 2.62 bits per heavy atom. The molecule has 0 fully saturated rings. The molecular formula is C12H13NO2S. The van der Waals surface area contributed by atoms with Crippen molar-refractivity contribution in [3.8, 4) is 0 Å². The third-order valence-corrected chi connectivity index (χ3v) is 2.03. The smallest absolute Gasteiger partial charge is 0.338 e. The average molecular weight is 235 g/mol. The van der Waals surface area contributed by atoms with Crippen molar-refractivity contribution in [2.75, 3.05) is 6.54 Å². The molecule has 1 aromatic carbocycles. The summed E-state index contributed by atoms with van der Waals surface area (Å²) in [5.41, 5.74) is -0.138. The minimum absolute atomic E-state index is 0.315. The van der Waals surface area contributed by atoms with Crippen LogP contribution in [-0.2, 0) is 4.74 Å². The van der Waals surface area contributed by atoms with Crippen LogP contribution in [0.5, 0.6) is 0 Å². The molecule has 0 aliphatic carbocycles. The average Bonchev–Trinajstić information content (AvgIpc) is 2.27. The Labute approximate surface area is 100 Å². The molecule has 0 aromatic heterocycles. The van der Waals surface area contributed by atoms with Gasteiger partial charge in [-0.1, -0.05) is 18.2 Å². The zero-order valence-corrected chi connectivity index (χ0v) is 10.1. The highest BCUT2D eigenvalue weighted by molar-refractivity contribution is 7.78. The van der Waals surface area contributed by atoms with E-state index in [1.807, 2.05) is 6.07 Å². The van der Waals surface area contributed by atoms with E-state index in [9.17, 15) is 4.79 Å². The molecule has 0 atom stereocenters. The number of benzene rings is 1. The van der Waals surface area contributed by atoms with Gasteiger partial charge in [-0.15, -0.1) is 0 Å². The van der Waals surface area contributed by atoms with Gasteiger partial charge in [0.1, 0.15) is 5.60 Å². The molecule has 0 saturated heterocycles. The van der Waals surface area contributed by atoms with Crippen molar-refractivity contribution in [3.63, 3.8) is 0 Å². The van der Waals surface area contributed by atoms with Crippen molar-refractivity contribution < 1.29 is 9.53 Å². The van der Waals surface area contributed by atoms with Crippen LogP contribution in [0.25, 0.3) is 0 Å². The maximum absolute atomic E-state index is 11.7. The van der Waals surface area contributed by atoms with Crippen molar-refractivity contribution in [1.82, 2.24) is 0 Å². The van der Waals surface area contributed by atoms with Crippen molar-refractivity contribution in [2.45, 2.75) is 19.4 Å². The first kappa shape index (κ1) is 12.6. The lowest BCUT2D eigenvalue weighted by Gasteiger charge is -2.22. The van der Waals surface area contributed by atoms with E-state index in [4.69, 9.17) is 4.74 Å². The minimum atomic E-state index is -0.668. The van der Waals surface area contributed by atoms with Gasteiger partial charge >= 0.3 is 5.97 Å². The number of esters is 1. The van der Waals surface area contributed by atoms with Crippen LogP contribution in [0.15, 0.2) is 35.3 Å². The Bertz CT molecular complexity index is 408. The summed E-state index contributed by atoms with van der Waals surface area (Å²) in [4.78, 5) is 15.5. The topological polar surface area (TPSA) is 38.7 Å². The van der Waals surface area contributed by atoms with Crippen LogP contribution in [0, 0.1) is 0 Å². The van der Waals surface area contributed by atoms with E-state index < -0.39 is 5.60 Å². The maximum atomic E-state index is 11.7. The predicted molar refractivity (Wildman–Crippen MR) is 65.8 cm³/mol. The number of carbonyl (C=O) groups is 1. The molecule has 0 N–H and O–H groups in total. The van der Waals surface area contributed by atoms with Gasteiger partial charge in [0.2, 0.25) is 0 Å². The summed E-state index contributed by atoms with van der Waals surface area (Å²) < 4.78 is 5.31. The second-order valence-electron chi connectivity index (χ2n) is 3.92. The number of thiocarbonyl (C=S) groups is 1. The fraction of sp³-hybridized carbons (Fsp3) is 0.333. The fourth-order valence-electron chi connectivity index (χ4n) is 1.14. The first-order valence-corrected chi connectivity index (χ1v) is 5.28. The number of ether oxygens (including phenoxy) is 1. The van der Waals surface area contributed by atoms with Crippen molar-refractivity contribution >= 4 is 23.3 Å². The number of aliphatic imine (C=N–C) groups is 1. The standard InChI is InChI=1S/C12H13NO2S/c1-12(2,8-13-9-16)15-11(14)10-6-4-3-5-7-10/h3-7H,8H2,1-2H3.